The molecule has 0 aromatic heterocycles. The van der Waals surface area contributed by atoms with Crippen molar-refractivity contribution in [3.63, 3.8) is 0 Å². The molecule has 1 aliphatic rings. The van der Waals surface area contributed by atoms with Crippen LogP contribution >= 0.6 is 31.9 Å². The van der Waals surface area contributed by atoms with Crippen LogP contribution in [-0.4, -0.2) is 52.0 Å². The fourth-order valence-corrected chi connectivity index (χ4v) is 4.74. The average molecular weight is 632 g/mol. The van der Waals surface area contributed by atoms with Gasteiger partial charge in [-0.2, -0.15) is 0 Å². The van der Waals surface area contributed by atoms with Crippen LogP contribution in [0.25, 0.3) is 0 Å². The molecule has 0 saturated carbocycles. The molecule has 3 aromatic rings. The lowest BCUT2D eigenvalue weighted by atomic mass is 10.0. The third-order valence-electron chi connectivity index (χ3n) is 5.44. The smallest absolute Gasteiger partial charge is 0.363 e. The summed E-state index contributed by atoms with van der Waals surface area (Å²) < 4.78 is 20.0. The van der Waals surface area contributed by atoms with Gasteiger partial charge in [0.05, 0.1) is 16.7 Å². The zero-order chi connectivity index (χ0) is 26.4. The molecule has 3 aromatic carbocycles. The van der Waals surface area contributed by atoms with Gasteiger partial charge < -0.3 is 18.9 Å². The number of ether oxygens (including phenoxy) is 4. The second-order valence-corrected chi connectivity index (χ2v) is 10.1. The highest BCUT2D eigenvalue weighted by Crippen LogP contribution is 2.41. The minimum Gasteiger partial charge on any atom is -0.458 e. The SMILES string of the molecule is O=C(OC[C@H]1OC(=O)[C@](Br)(OC(=O)c2ccccc2)[C@H](Br)[C@@H]1OC(=O)c1ccccc1)c1ccccc1. The number of benzene rings is 3. The summed E-state index contributed by atoms with van der Waals surface area (Å²) >= 11 is 6.56. The molecule has 190 valence electrons. The van der Waals surface area contributed by atoms with E-state index in [0.29, 0.717) is 5.56 Å². The third-order valence-corrected chi connectivity index (χ3v) is 8.20. The minimum absolute atomic E-state index is 0.200. The molecule has 4 atom stereocenters. The Kier molecular flexibility index (Phi) is 8.40. The van der Waals surface area contributed by atoms with Gasteiger partial charge in [0, 0.05) is 0 Å². The van der Waals surface area contributed by atoms with Crippen LogP contribution in [0.2, 0.25) is 0 Å². The Morgan fingerprint density at radius 2 is 1.22 bits per heavy atom. The Labute approximate surface area is 229 Å². The standard InChI is InChI=1S/C27H20Br2O8/c28-22-21(36-24(31)18-12-6-2-7-13-18)20(16-34-23(30)17-10-4-1-5-11-17)35-26(33)27(22,29)37-25(32)19-14-8-3-9-15-19/h1-15,20-22H,16H2/t20-,21-,22-,27-/m1/s1. The highest BCUT2D eigenvalue weighted by molar-refractivity contribution is 9.12. The molecule has 0 bridgehead atoms. The van der Waals surface area contributed by atoms with E-state index < -0.39 is 52.0 Å². The van der Waals surface area contributed by atoms with Crippen LogP contribution in [-0.2, 0) is 23.7 Å². The molecule has 0 unspecified atom stereocenters. The fourth-order valence-electron chi connectivity index (χ4n) is 3.51. The lowest BCUT2D eigenvalue weighted by molar-refractivity contribution is -0.185. The second kappa shape index (κ2) is 11.7. The van der Waals surface area contributed by atoms with E-state index in [0.717, 1.165) is 0 Å². The van der Waals surface area contributed by atoms with Crippen molar-refractivity contribution in [1.29, 1.82) is 0 Å². The molecule has 4 rings (SSSR count). The van der Waals surface area contributed by atoms with Crippen LogP contribution in [0.1, 0.15) is 31.1 Å². The molecule has 0 amide bonds. The molecule has 1 fully saturated rings. The summed E-state index contributed by atoms with van der Waals surface area (Å²) in [5.74, 6) is -3.13. The second-order valence-electron chi connectivity index (χ2n) is 7.95. The molecule has 0 N–H and O–H groups in total. The lowest BCUT2D eigenvalue weighted by Crippen LogP contribution is -2.62. The molecule has 0 radical (unpaired) electrons. The zero-order valence-electron chi connectivity index (χ0n) is 19.1. The lowest BCUT2D eigenvalue weighted by Gasteiger charge is -2.42. The fraction of sp³-hybridized carbons (Fsp3) is 0.185. The first-order valence-electron chi connectivity index (χ1n) is 11.1. The van der Waals surface area contributed by atoms with Gasteiger partial charge in [-0.25, -0.2) is 19.2 Å². The summed E-state index contributed by atoms with van der Waals surface area (Å²) in [6.45, 7) is -0.413. The summed E-state index contributed by atoms with van der Waals surface area (Å²) in [7, 11) is 0. The van der Waals surface area contributed by atoms with Gasteiger partial charge in [0.1, 0.15) is 11.4 Å². The van der Waals surface area contributed by atoms with Crippen molar-refractivity contribution in [2.45, 2.75) is 21.5 Å². The molecule has 1 aliphatic heterocycles. The van der Waals surface area contributed by atoms with E-state index in [2.05, 4.69) is 31.9 Å². The maximum absolute atomic E-state index is 13.1. The Hall–Kier alpha value is -3.50. The monoisotopic (exact) mass is 630 g/mol. The predicted octanol–water partition coefficient (Wildman–Crippen LogP) is 4.71. The summed E-state index contributed by atoms with van der Waals surface area (Å²) in [4.78, 5) is 50.1. The average Bonchev–Trinajstić information content (AvgIpc) is 2.93. The van der Waals surface area contributed by atoms with Crippen LogP contribution in [0, 0.1) is 0 Å². The first-order chi connectivity index (χ1) is 17.8. The maximum atomic E-state index is 13.1. The van der Waals surface area contributed by atoms with Gasteiger partial charge in [0.15, 0.2) is 12.2 Å². The summed E-state index contributed by atoms with van der Waals surface area (Å²) in [6, 6.07) is 24.5. The van der Waals surface area contributed by atoms with E-state index in [1.165, 1.54) is 12.1 Å². The van der Waals surface area contributed by atoms with Gasteiger partial charge in [0.25, 0.3) is 4.51 Å². The Morgan fingerprint density at radius 3 is 1.73 bits per heavy atom. The van der Waals surface area contributed by atoms with Crippen molar-refractivity contribution in [2.75, 3.05) is 6.61 Å². The van der Waals surface area contributed by atoms with Gasteiger partial charge in [0.2, 0.25) is 0 Å². The molecule has 10 heteroatoms. The number of cyclic esters (lactones) is 1. The normalized spacial score (nSPS) is 22.9. The topological polar surface area (TPSA) is 105 Å². The number of hydrogen-bond donors (Lipinski definition) is 0. The first kappa shape index (κ1) is 26.6. The summed E-state index contributed by atoms with van der Waals surface area (Å²) in [6.07, 6.45) is -2.41. The third kappa shape index (κ3) is 6.08. The number of esters is 4. The van der Waals surface area contributed by atoms with Crippen molar-refractivity contribution in [3.8, 4) is 0 Å². The molecule has 1 saturated heterocycles. The van der Waals surface area contributed by atoms with Crippen molar-refractivity contribution in [1.82, 2.24) is 0 Å². The van der Waals surface area contributed by atoms with Gasteiger partial charge in [-0.15, -0.1) is 0 Å². The number of alkyl halides is 2. The van der Waals surface area contributed by atoms with Gasteiger partial charge >= 0.3 is 23.9 Å². The Balaban J connectivity index is 1.57. The largest absolute Gasteiger partial charge is 0.458 e. The summed E-state index contributed by atoms with van der Waals surface area (Å²) in [5, 5.41) is 0. The van der Waals surface area contributed by atoms with Gasteiger partial charge in [-0.3, -0.25) is 0 Å². The Bertz CT molecular complexity index is 1270. The molecule has 1 heterocycles. The Morgan fingerprint density at radius 1 is 0.757 bits per heavy atom. The van der Waals surface area contributed by atoms with Crippen molar-refractivity contribution in [3.05, 3.63) is 108 Å². The predicted molar refractivity (Wildman–Crippen MR) is 138 cm³/mol. The van der Waals surface area contributed by atoms with Crippen LogP contribution in [0.3, 0.4) is 0 Å². The quantitative estimate of drug-likeness (QED) is 0.210. The van der Waals surface area contributed by atoms with Gasteiger partial charge in [-0.05, 0) is 52.3 Å². The van der Waals surface area contributed by atoms with E-state index in [9.17, 15) is 19.2 Å². The van der Waals surface area contributed by atoms with Crippen LogP contribution < -0.4 is 0 Å². The van der Waals surface area contributed by atoms with E-state index in [1.807, 2.05) is 0 Å². The molecule has 8 nitrogen and oxygen atoms in total. The summed E-state index contributed by atoms with van der Waals surface area (Å²) in [5.41, 5.74) is 0.746. The van der Waals surface area contributed by atoms with Gasteiger partial charge in [-0.1, -0.05) is 70.5 Å². The molecule has 37 heavy (non-hydrogen) atoms. The molecule has 0 spiro atoms. The number of carbonyl (C=O) groups is 4. The molecule has 0 aliphatic carbocycles. The van der Waals surface area contributed by atoms with Crippen molar-refractivity contribution in [2.24, 2.45) is 0 Å². The number of carbonyl (C=O) groups excluding carboxylic acids is 4. The van der Waals surface area contributed by atoms with E-state index in [4.69, 9.17) is 18.9 Å². The minimum atomic E-state index is -2.04. The number of halogens is 2. The van der Waals surface area contributed by atoms with Crippen LogP contribution in [0.4, 0.5) is 0 Å². The van der Waals surface area contributed by atoms with Crippen LogP contribution in [0.5, 0.6) is 0 Å². The first-order valence-corrected chi connectivity index (χ1v) is 12.8. The zero-order valence-corrected chi connectivity index (χ0v) is 22.3. The maximum Gasteiger partial charge on any atom is 0.363 e. The molecular weight excluding hydrogens is 612 g/mol. The van der Waals surface area contributed by atoms with E-state index in [1.54, 1.807) is 78.9 Å². The number of rotatable bonds is 7. The number of hydrogen-bond acceptors (Lipinski definition) is 8. The van der Waals surface area contributed by atoms with Crippen molar-refractivity contribution < 1.29 is 38.1 Å². The van der Waals surface area contributed by atoms with E-state index >= 15 is 0 Å². The van der Waals surface area contributed by atoms with Crippen molar-refractivity contribution >= 4 is 55.7 Å². The highest BCUT2D eigenvalue weighted by atomic mass is 79.9. The molecular formula is C27H20Br2O8. The highest BCUT2D eigenvalue weighted by Gasteiger charge is 2.60. The van der Waals surface area contributed by atoms with Crippen LogP contribution in [0.15, 0.2) is 91.0 Å². The van der Waals surface area contributed by atoms with E-state index in [-0.39, 0.29) is 11.1 Å².